The molecule has 2 saturated heterocycles. The molecular formula is C22H32N4O4. The van der Waals surface area contributed by atoms with Gasteiger partial charge in [0.15, 0.2) is 0 Å². The number of methoxy groups -OCH3 is 1. The molecule has 2 fully saturated rings. The summed E-state index contributed by atoms with van der Waals surface area (Å²) < 4.78 is 5.14. The van der Waals surface area contributed by atoms with Crippen LogP contribution in [0, 0.1) is 5.92 Å². The number of carbonyl (C=O) groups excluding carboxylic acids is 3. The van der Waals surface area contributed by atoms with Gasteiger partial charge in [-0.25, -0.2) is 4.79 Å². The molecule has 1 aromatic rings. The van der Waals surface area contributed by atoms with Crippen LogP contribution in [0.25, 0.3) is 0 Å². The third-order valence-electron chi connectivity index (χ3n) is 5.61. The summed E-state index contributed by atoms with van der Waals surface area (Å²) in [5, 5.41) is 2.87. The minimum atomic E-state index is -0.481. The van der Waals surface area contributed by atoms with Gasteiger partial charge in [-0.1, -0.05) is 44.2 Å². The number of rotatable bonds is 9. The molecule has 8 heteroatoms. The van der Waals surface area contributed by atoms with Crippen LogP contribution in [0.3, 0.4) is 0 Å². The summed E-state index contributed by atoms with van der Waals surface area (Å²) in [6, 6.07) is 8.85. The molecule has 0 aliphatic carbocycles. The lowest BCUT2D eigenvalue weighted by Crippen LogP contribution is -2.61. The lowest BCUT2D eigenvalue weighted by molar-refractivity contribution is -0.143. The number of nitrogens with one attached hydrogen (secondary N) is 1. The SMILES string of the molecule is COCCN1C[C@@H]2CN(CC(=O)NCc3ccccc3)C(=O)N2[C@@H](CC(C)C)C1=O. The number of hydrogen-bond donors (Lipinski definition) is 1. The van der Waals surface area contributed by atoms with Gasteiger partial charge in [-0.2, -0.15) is 0 Å². The lowest BCUT2D eigenvalue weighted by Gasteiger charge is -2.42. The first-order chi connectivity index (χ1) is 14.4. The van der Waals surface area contributed by atoms with Crippen LogP contribution in [0.4, 0.5) is 4.79 Å². The first kappa shape index (κ1) is 22.1. The van der Waals surface area contributed by atoms with E-state index in [0.29, 0.717) is 39.2 Å². The molecule has 4 amide bonds. The molecule has 30 heavy (non-hydrogen) atoms. The molecule has 0 aromatic heterocycles. The molecule has 8 nitrogen and oxygen atoms in total. The second-order valence-electron chi connectivity index (χ2n) is 8.41. The molecule has 0 spiro atoms. The predicted octanol–water partition coefficient (Wildman–Crippen LogP) is 1.31. The Bertz CT molecular complexity index is 755. The summed E-state index contributed by atoms with van der Waals surface area (Å²) in [7, 11) is 1.61. The van der Waals surface area contributed by atoms with Crippen LogP contribution in [-0.4, -0.2) is 84.5 Å². The van der Waals surface area contributed by atoms with E-state index in [4.69, 9.17) is 4.74 Å². The minimum Gasteiger partial charge on any atom is -0.383 e. The first-order valence-corrected chi connectivity index (χ1v) is 10.6. The van der Waals surface area contributed by atoms with Gasteiger partial charge in [0.1, 0.15) is 12.6 Å². The average molecular weight is 417 g/mol. The van der Waals surface area contributed by atoms with Crippen molar-refractivity contribution in [2.24, 2.45) is 5.92 Å². The van der Waals surface area contributed by atoms with E-state index in [9.17, 15) is 14.4 Å². The van der Waals surface area contributed by atoms with Gasteiger partial charge in [0, 0.05) is 33.3 Å². The van der Waals surface area contributed by atoms with E-state index < -0.39 is 6.04 Å². The van der Waals surface area contributed by atoms with Crippen molar-refractivity contribution in [2.75, 3.05) is 39.9 Å². The van der Waals surface area contributed by atoms with Crippen LogP contribution in [0.2, 0.25) is 0 Å². The summed E-state index contributed by atoms with van der Waals surface area (Å²) >= 11 is 0. The highest BCUT2D eigenvalue weighted by atomic mass is 16.5. The molecule has 0 bridgehead atoms. The van der Waals surface area contributed by atoms with Gasteiger partial charge in [0.25, 0.3) is 0 Å². The van der Waals surface area contributed by atoms with Crippen molar-refractivity contribution < 1.29 is 19.1 Å². The normalized spacial score (nSPS) is 21.4. The Balaban J connectivity index is 1.65. The highest BCUT2D eigenvalue weighted by Gasteiger charge is 2.49. The molecule has 3 rings (SSSR count). The Morgan fingerprint density at radius 3 is 2.53 bits per heavy atom. The van der Waals surface area contributed by atoms with Gasteiger partial charge in [-0.3, -0.25) is 9.59 Å². The molecule has 2 aliphatic heterocycles. The molecule has 2 atom stereocenters. The maximum Gasteiger partial charge on any atom is 0.321 e. The van der Waals surface area contributed by atoms with Crippen LogP contribution in [0.1, 0.15) is 25.8 Å². The van der Waals surface area contributed by atoms with Crippen molar-refractivity contribution >= 4 is 17.8 Å². The van der Waals surface area contributed by atoms with Crippen LogP contribution >= 0.6 is 0 Å². The number of urea groups is 1. The fourth-order valence-electron chi connectivity index (χ4n) is 4.17. The van der Waals surface area contributed by atoms with Gasteiger partial charge in [0.05, 0.1) is 12.6 Å². The molecule has 2 heterocycles. The monoisotopic (exact) mass is 416 g/mol. The largest absolute Gasteiger partial charge is 0.383 e. The third-order valence-corrected chi connectivity index (χ3v) is 5.61. The number of benzene rings is 1. The molecule has 1 aromatic carbocycles. The average Bonchev–Trinajstić information content (AvgIpc) is 3.02. The predicted molar refractivity (Wildman–Crippen MR) is 113 cm³/mol. The fourth-order valence-corrected chi connectivity index (χ4v) is 4.17. The Labute approximate surface area is 178 Å². The molecular weight excluding hydrogens is 384 g/mol. The third kappa shape index (κ3) is 5.11. The smallest absolute Gasteiger partial charge is 0.321 e. The van der Waals surface area contributed by atoms with Crippen molar-refractivity contribution in [3.05, 3.63) is 35.9 Å². The number of carbonyl (C=O) groups is 3. The maximum atomic E-state index is 13.1. The number of fused-ring (bicyclic) bond motifs is 1. The molecule has 0 radical (unpaired) electrons. The first-order valence-electron chi connectivity index (χ1n) is 10.6. The molecule has 0 saturated carbocycles. The zero-order chi connectivity index (χ0) is 21.7. The quantitative estimate of drug-likeness (QED) is 0.658. The fraction of sp³-hybridized carbons (Fsp3) is 0.591. The van der Waals surface area contributed by atoms with E-state index in [0.717, 1.165) is 5.56 Å². The highest BCUT2D eigenvalue weighted by molar-refractivity contribution is 5.91. The van der Waals surface area contributed by atoms with E-state index in [1.807, 2.05) is 44.2 Å². The Kier molecular flexibility index (Phi) is 7.31. The summed E-state index contributed by atoms with van der Waals surface area (Å²) in [6.45, 7) is 6.42. The van der Waals surface area contributed by atoms with Crippen molar-refractivity contribution in [1.29, 1.82) is 0 Å². The molecule has 2 aliphatic rings. The number of hydrogen-bond acceptors (Lipinski definition) is 4. The number of amides is 4. The lowest BCUT2D eigenvalue weighted by atomic mass is 9.97. The van der Waals surface area contributed by atoms with Crippen LogP contribution in [0.5, 0.6) is 0 Å². The number of piperazine rings is 1. The van der Waals surface area contributed by atoms with Gasteiger partial charge >= 0.3 is 6.03 Å². The van der Waals surface area contributed by atoms with Crippen LogP contribution < -0.4 is 5.32 Å². The second kappa shape index (κ2) is 9.93. The van der Waals surface area contributed by atoms with Crippen molar-refractivity contribution in [3.63, 3.8) is 0 Å². The topological polar surface area (TPSA) is 82.2 Å². The van der Waals surface area contributed by atoms with Gasteiger partial charge in [0.2, 0.25) is 11.8 Å². The number of nitrogens with zero attached hydrogens (tertiary/aromatic N) is 3. The Morgan fingerprint density at radius 1 is 1.17 bits per heavy atom. The van der Waals surface area contributed by atoms with Gasteiger partial charge in [-0.05, 0) is 17.9 Å². The minimum absolute atomic E-state index is 0.000668. The Morgan fingerprint density at radius 2 is 1.87 bits per heavy atom. The van der Waals surface area contributed by atoms with E-state index in [1.54, 1.807) is 21.8 Å². The second-order valence-corrected chi connectivity index (χ2v) is 8.41. The highest BCUT2D eigenvalue weighted by Crippen LogP contribution is 2.28. The number of ether oxygens (including phenoxy) is 1. The van der Waals surface area contributed by atoms with Crippen LogP contribution in [0.15, 0.2) is 30.3 Å². The van der Waals surface area contributed by atoms with Gasteiger partial charge < -0.3 is 24.8 Å². The maximum absolute atomic E-state index is 13.1. The zero-order valence-electron chi connectivity index (χ0n) is 18.0. The van der Waals surface area contributed by atoms with Crippen molar-refractivity contribution in [1.82, 2.24) is 20.0 Å². The Hall–Kier alpha value is -2.61. The molecule has 0 unspecified atom stereocenters. The van der Waals surface area contributed by atoms with Gasteiger partial charge in [-0.15, -0.1) is 0 Å². The van der Waals surface area contributed by atoms with E-state index in [-0.39, 0.29) is 36.3 Å². The summed E-state index contributed by atoms with van der Waals surface area (Å²) in [5.41, 5.74) is 1.01. The summed E-state index contributed by atoms with van der Waals surface area (Å²) in [4.78, 5) is 43.6. The molecule has 1 N–H and O–H groups in total. The van der Waals surface area contributed by atoms with Crippen molar-refractivity contribution in [2.45, 2.75) is 38.9 Å². The van der Waals surface area contributed by atoms with E-state index in [1.165, 1.54) is 0 Å². The van der Waals surface area contributed by atoms with Crippen LogP contribution in [-0.2, 0) is 20.9 Å². The standard InChI is InChI=1S/C22H32N4O4/c1-16(2)11-19-21(28)24(9-10-30-3)13-18-14-25(22(29)26(18)19)15-20(27)23-12-17-7-5-4-6-8-17/h4-8,16,18-19H,9-15H2,1-3H3,(H,23,27)/t18-,19+/m1/s1. The van der Waals surface area contributed by atoms with Crippen molar-refractivity contribution in [3.8, 4) is 0 Å². The zero-order valence-corrected chi connectivity index (χ0v) is 18.0. The summed E-state index contributed by atoms with van der Waals surface area (Å²) in [5.74, 6) is 0.0498. The van der Waals surface area contributed by atoms with E-state index in [2.05, 4.69) is 5.32 Å². The molecule has 164 valence electrons. The summed E-state index contributed by atoms with van der Waals surface area (Å²) in [6.07, 6.45) is 0.610. The van der Waals surface area contributed by atoms with E-state index >= 15 is 0 Å².